The third kappa shape index (κ3) is 2.90. The SMILES string of the molecule is O=S(=O)(Nc1nc2ccc(F)cc2s1)c1ccc(F)c(Cl)c1. The van der Waals surface area contributed by atoms with Gasteiger partial charge in [-0.05, 0) is 36.4 Å². The van der Waals surface area contributed by atoms with Crippen molar-refractivity contribution in [3.63, 3.8) is 0 Å². The lowest BCUT2D eigenvalue weighted by Crippen LogP contribution is -2.12. The molecule has 0 atom stereocenters. The highest BCUT2D eigenvalue weighted by atomic mass is 35.5. The van der Waals surface area contributed by atoms with E-state index >= 15 is 0 Å². The molecule has 1 N–H and O–H groups in total. The summed E-state index contributed by atoms with van der Waals surface area (Å²) in [6, 6.07) is 7.01. The first-order valence-electron chi connectivity index (χ1n) is 5.89. The molecule has 114 valence electrons. The highest BCUT2D eigenvalue weighted by molar-refractivity contribution is 7.93. The Morgan fingerprint density at radius 3 is 2.64 bits per heavy atom. The molecular formula is C13H7ClF2N2O2S2. The third-order valence-corrected chi connectivity index (χ3v) is 5.46. The van der Waals surface area contributed by atoms with Gasteiger partial charge in [-0.3, -0.25) is 4.72 Å². The van der Waals surface area contributed by atoms with Gasteiger partial charge in [0.25, 0.3) is 10.0 Å². The van der Waals surface area contributed by atoms with Crippen LogP contribution in [0.25, 0.3) is 10.2 Å². The number of halogens is 3. The van der Waals surface area contributed by atoms with Crippen molar-refractivity contribution in [1.29, 1.82) is 0 Å². The molecule has 9 heteroatoms. The van der Waals surface area contributed by atoms with Gasteiger partial charge in [-0.15, -0.1) is 0 Å². The molecule has 0 aliphatic heterocycles. The van der Waals surface area contributed by atoms with Crippen LogP contribution in [0.2, 0.25) is 5.02 Å². The smallest absolute Gasteiger partial charge is 0.255 e. The fourth-order valence-electron chi connectivity index (χ4n) is 1.76. The summed E-state index contributed by atoms with van der Waals surface area (Å²) in [6.45, 7) is 0. The predicted molar refractivity (Wildman–Crippen MR) is 81.8 cm³/mol. The molecule has 0 aliphatic rings. The number of sulfonamides is 1. The molecule has 22 heavy (non-hydrogen) atoms. The summed E-state index contributed by atoms with van der Waals surface area (Å²) in [6.07, 6.45) is 0. The molecule has 0 radical (unpaired) electrons. The van der Waals surface area contributed by atoms with Gasteiger partial charge in [0.1, 0.15) is 11.6 Å². The van der Waals surface area contributed by atoms with E-state index in [0.717, 1.165) is 29.5 Å². The van der Waals surface area contributed by atoms with Gasteiger partial charge in [0.2, 0.25) is 0 Å². The van der Waals surface area contributed by atoms with Crippen molar-refractivity contribution >= 4 is 48.3 Å². The van der Waals surface area contributed by atoms with Crippen LogP contribution in [0.3, 0.4) is 0 Å². The van der Waals surface area contributed by atoms with E-state index in [0.29, 0.717) is 10.2 Å². The van der Waals surface area contributed by atoms with E-state index in [1.807, 2.05) is 0 Å². The van der Waals surface area contributed by atoms with Crippen LogP contribution in [0.5, 0.6) is 0 Å². The Morgan fingerprint density at radius 1 is 1.14 bits per heavy atom. The molecule has 0 fully saturated rings. The van der Waals surface area contributed by atoms with Crippen molar-refractivity contribution in [2.75, 3.05) is 4.72 Å². The Kier molecular flexibility index (Phi) is 3.75. The number of nitrogens with one attached hydrogen (secondary N) is 1. The quantitative estimate of drug-likeness (QED) is 0.767. The van der Waals surface area contributed by atoms with Gasteiger partial charge in [0, 0.05) is 0 Å². The standard InChI is InChI=1S/C13H7ClF2N2O2S2/c14-9-6-8(2-3-10(9)16)22(19,20)18-13-17-11-4-1-7(15)5-12(11)21-13/h1-6H,(H,17,18). The molecule has 0 spiro atoms. The zero-order chi connectivity index (χ0) is 15.9. The molecule has 1 heterocycles. The summed E-state index contributed by atoms with van der Waals surface area (Å²) in [5.74, 6) is -1.15. The van der Waals surface area contributed by atoms with E-state index in [2.05, 4.69) is 9.71 Å². The molecule has 1 aromatic heterocycles. The Hall–Kier alpha value is -1.77. The van der Waals surface area contributed by atoms with Crippen molar-refractivity contribution in [1.82, 2.24) is 4.98 Å². The first-order valence-corrected chi connectivity index (χ1v) is 8.57. The van der Waals surface area contributed by atoms with Gasteiger partial charge in [0.05, 0.1) is 20.1 Å². The zero-order valence-corrected chi connectivity index (χ0v) is 13.1. The Labute approximate surface area is 133 Å². The van der Waals surface area contributed by atoms with Crippen LogP contribution in [0.1, 0.15) is 0 Å². The minimum Gasteiger partial charge on any atom is -0.255 e. The highest BCUT2D eigenvalue weighted by Crippen LogP contribution is 2.29. The summed E-state index contributed by atoms with van der Waals surface area (Å²) in [5, 5.41) is -0.213. The maximum atomic E-state index is 13.1. The van der Waals surface area contributed by atoms with Gasteiger partial charge in [-0.25, -0.2) is 22.2 Å². The Balaban J connectivity index is 1.96. The molecule has 0 unspecified atom stereocenters. The average Bonchev–Trinajstić information content (AvgIpc) is 2.82. The number of benzene rings is 2. The average molecular weight is 361 g/mol. The second kappa shape index (κ2) is 5.45. The Bertz CT molecular complexity index is 973. The van der Waals surface area contributed by atoms with Crippen LogP contribution >= 0.6 is 22.9 Å². The van der Waals surface area contributed by atoms with Crippen LogP contribution < -0.4 is 4.72 Å². The minimum absolute atomic E-state index is 0.0843. The van der Waals surface area contributed by atoms with Gasteiger partial charge >= 0.3 is 0 Å². The molecule has 4 nitrogen and oxygen atoms in total. The van der Waals surface area contributed by atoms with Gasteiger partial charge in [0.15, 0.2) is 5.13 Å². The largest absolute Gasteiger partial charge is 0.263 e. The summed E-state index contributed by atoms with van der Waals surface area (Å²) in [7, 11) is -3.96. The number of anilines is 1. The third-order valence-electron chi connectivity index (χ3n) is 2.77. The van der Waals surface area contributed by atoms with Crippen molar-refractivity contribution in [2.45, 2.75) is 4.90 Å². The maximum absolute atomic E-state index is 13.1. The molecule has 0 bridgehead atoms. The molecule has 2 aromatic carbocycles. The Morgan fingerprint density at radius 2 is 1.91 bits per heavy atom. The molecule has 3 rings (SSSR count). The number of hydrogen-bond donors (Lipinski definition) is 1. The lowest BCUT2D eigenvalue weighted by molar-refractivity contribution is 0.599. The number of aromatic nitrogens is 1. The van der Waals surface area contributed by atoms with Crippen molar-refractivity contribution < 1.29 is 17.2 Å². The molecule has 0 aliphatic carbocycles. The van der Waals surface area contributed by atoms with E-state index < -0.39 is 21.7 Å². The lowest BCUT2D eigenvalue weighted by Gasteiger charge is -2.05. The van der Waals surface area contributed by atoms with E-state index in [9.17, 15) is 17.2 Å². The van der Waals surface area contributed by atoms with Crippen LogP contribution in [0.4, 0.5) is 13.9 Å². The minimum atomic E-state index is -3.96. The van der Waals surface area contributed by atoms with Crippen molar-refractivity contribution in [3.05, 3.63) is 53.1 Å². The summed E-state index contributed by atoms with van der Waals surface area (Å²) < 4.78 is 53.4. The molecule has 3 aromatic rings. The maximum Gasteiger partial charge on any atom is 0.263 e. The monoisotopic (exact) mass is 360 g/mol. The van der Waals surface area contributed by atoms with Gasteiger partial charge < -0.3 is 0 Å². The number of rotatable bonds is 3. The van der Waals surface area contributed by atoms with E-state index in [-0.39, 0.29) is 15.0 Å². The van der Waals surface area contributed by atoms with E-state index in [1.54, 1.807) is 0 Å². The van der Waals surface area contributed by atoms with E-state index in [1.165, 1.54) is 18.2 Å². The number of fused-ring (bicyclic) bond motifs is 1. The van der Waals surface area contributed by atoms with Crippen molar-refractivity contribution in [3.8, 4) is 0 Å². The fraction of sp³-hybridized carbons (Fsp3) is 0. The predicted octanol–water partition coefficient (Wildman–Crippen LogP) is 4.03. The summed E-state index contributed by atoms with van der Waals surface area (Å²) >= 11 is 6.57. The normalized spacial score (nSPS) is 11.8. The molecular weight excluding hydrogens is 354 g/mol. The molecule has 0 saturated carbocycles. The second-order valence-electron chi connectivity index (χ2n) is 4.31. The van der Waals surface area contributed by atoms with Crippen LogP contribution in [-0.4, -0.2) is 13.4 Å². The molecule has 0 saturated heterocycles. The number of thiazole rings is 1. The van der Waals surface area contributed by atoms with Crippen LogP contribution in [0, 0.1) is 11.6 Å². The van der Waals surface area contributed by atoms with Crippen molar-refractivity contribution in [2.24, 2.45) is 0 Å². The second-order valence-corrected chi connectivity index (χ2v) is 7.43. The summed E-state index contributed by atoms with van der Waals surface area (Å²) in [5.41, 5.74) is 0.473. The number of nitrogens with zero attached hydrogens (tertiary/aromatic N) is 1. The number of hydrogen-bond acceptors (Lipinski definition) is 4. The van der Waals surface area contributed by atoms with Crippen LogP contribution in [-0.2, 0) is 10.0 Å². The first-order chi connectivity index (χ1) is 10.3. The lowest BCUT2D eigenvalue weighted by atomic mass is 10.3. The van der Waals surface area contributed by atoms with E-state index in [4.69, 9.17) is 11.6 Å². The molecule has 0 amide bonds. The summed E-state index contributed by atoms with van der Waals surface area (Å²) in [4.78, 5) is 3.87. The topological polar surface area (TPSA) is 59.1 Å². The van der Waals surface area contributed by atoms with Crippen LogP contribution in [0.15, 0.2) is 41.3 Å². The first kappa shape index (κ1) is 15.1. The van der Waals surface area contributed by atoms with Gasteiger partial charge in [-0.1, -0.05) is 22.9 Å². The zero-order valence-electron chi connectivity index (χ0n) is 10.7. The highest BCUT2D eigenvalue weighted by Gasteiger charge is 2.18. The fourth-order valence-corrected chi connectivity index (χ4v) is 4.16. The van der Waals surface area contributed by atoms with Gasteiger partial charge in [-0.2, -0.15) is 0 Å².